The number of rotatable bonds is 5. The maximum Gasteiger partial charge on any atom is 0.327 e. The van der Waals surface area contributed by atoms with E-state index in [1.165, 1.54) is 15.5 Å². The fourth-order valence-corrected chi connectivity index (χ4v) is 7.18. The lowest BCUT2D eigenvalue weighted by atomic mass is 9.87. The topological polar surface area (TPSA) is 110 Å². The van der Waals surface area contributed by atoms with E-state index in [0.29, 0.717) is 26.1 Å². The third kappa shape index (κ3) is 4.89. The predicted octanol–water partition coefficient (Wildman–Crippen LogP) is 2.02. The molecule has 3 saturated heterocycles. The zero-order chi connectivity index (χ0) is 27.3. The second-order valence-electron chi connectivity index (χ2n) is 10.9. The number of urea groups is 2. The Morgan fingerprint density at radius 3 is 2.15 bits per heavy atom. The summed E-state index contributed by atoms with van der Waals surface area (Å²) >= 11 is 0. The first-order valence-electron chi connectivity index (χ1n) is 13.5. The third-order valence-electron chi connectivity index (χ3n) is 8.54. The van der Waals surface area contributed by atoms with Gasteiger partial charge in [-0.1, -0.05) is 60.7 Å². The van der Waals surface area contributed by atoms with Crippen molar-refractivity contribution in [1.29, 1.82) is 0 Å². The Balaban J connectivity index is 1.13. The van der Waals surface area contributed by atoms with Crippen LogP contribution >= 0.6 is 0 Å². The fraction of sp³-hybridized carbons (Fsp3) is 0.464. The molecule has 0 spiro atoms. The second kappa shape index (κ2) is 9.95. The molecule has 4 fully saturated rings. The number of nitrogens with one attached hydrogen (secondary N) is 1. The number of carbonyl (C=O) groups is 3. The summed E-state index contributed by atoms with van der Waals surface area (Å²) < 4.78 is 26.0. The molecule has 4 aliphatic rings. The van der Waals surface area contributed by atoms with Crippen molar-refractivity contribution in [2.24, 2.45) is 0 Å². The van der Waals surface area contributed by atoms with Gasteiger partial charge in [0.1, 0.15) is 6.04 Å². The summed E-state index contributed by atoms with van der Waals surface area (Å²) in [6.45, 7) is 1.40. The Morgan fingerprint density at radius 2 is 1.51 bits per heavy atom. The van der Waals surface area contributed by atoms with Crippen molar-refractivity contribution in [3.63, 3.8) is 0 Å². The molecule has 1 N–H and O–H groups in total. The standard InChI is InChI=1S/C28H33N5O5S/c1-39(37,38)31-13-12-23(22(17-31)20-10-6-3-7-11-20)29-27(35)30-14-15-32-25(18-30)26(34)33(28(32)36)24-16-21(24)19-8-4-2-5-9-19/h2-11,21-25H,12-18H2,1H3,(H,29,35)/t21-,22+,23+,24+,25+/m1/s1. The van der Waals surface area contributed by atoms with Crippen LogP contribution in [-0.2, 0) is 14.8 Å². The molecule has 39 heavy (non-hydrogen) atoms. The molecule has 0 aromatic heterocycles. The number of piperidine rings is 1. The molecule has 206 valence electrons. The summed E-state index contributed by atoms with van der Waals surface area (Å²) in [4.78, 5) is 44.6. The van der Waals surface area contributed by atoms with Gasteiger partial charge in [0.05, 0.1) is 12.8 Å². The normalized spacial score (nSPS) is 29.4. The average molecular weight is 552 g/mol. The highest BCUT2D eigenvalue weighted by atomic mass is 32.2. The van der Waals surface area contributed by atoms with E-state index in [-0.39, 0.29) is 55.0 Å². The lowest BCUT2D eigenvalue weighted by Crippen LogP contribution is -2.59. The van der Waals surface area contributed by atoms with Crippen LogP contribution < -0.4 is 5.32 Å². The highest BCUT2D eigenvalue weighted by molar-refractivity contribution is 7.88. The Kier molecular flexibility index (Phi) is 6.58. The smallest absolute Gasteiger partial charge is 0.327 e. The van der Waals surface area contributed by atoms with Crippen molar-refractivity contribution < 1.29 is 22.8 Å². The van der Waals surface area contributed by atoms with Crippen LogP contribution in [0.1, 0.15) is 35.8 Å². The van der Waals surface area contributed by atoms with Gasteiger partial charge < -0.3 is 15.1 Å². The molecule has 0 bridgehead atoms. The Hall–Kier alpha value is -3.44. The summed E-state index contributed by atoms with van der Waals surface area (Å²) in [7, 11) is -3.36. The van der Waals surface area contributed by atoms with Gasteiger partial charge in [-0.05, 0) is 24.0 Å². The number of benzene rings is 2. The zero-order valence-corrected chi connectivity index (χ0v) is 22.7. The van der Waals surface area contributed by atoms with Gasteiger partial charge in [-0.25, -0.2) is 22.3 Å². The van der Waals surface area contributed by atoms with Gasteiger partial charge >= 0.3 is 12.1 Å². The summed E-state index contributed by atoms with van der Waals surface area (Å²) in [6.07, 6.45) is 2.45. The van der Waals surface area contributed by atoms with Crippen molar-refractivity contribution in [1.82, 2.24) is 24.3 Å². The number of carbonyl (C=O) groups excluding carboxylic acids is 3. The van der Waals surface area contributed by atoms with Gasteiger partial charge in [0.15, 0.2) is 0 Å². The first kappa shape index (κ1) is 25.8. The molecule has 2 aromatic rings. The molecule has 0 radical (unpaired) electrons. The maximum atomic E-state index is 13.4. The Labute approximate surface area is 228 Å². The number of hydrogen-bond acceptors (Lipinski definition) is 5. The molecule has 1 aliphatic carbocycles. The maximum absolute atomic E-state index is 13.4. The van der Waals surface area contributed by atoms with Gasteiger partial charge in [-0.15, -0.1) is 0 Å². The predicted molar refractivity (Wildman–Crippen MR) is 144 cm³/mol. The van der Waals surface area contributed by atoms with E-state index >= 15 is 0 Å². The largest absolute Gasteiger partial charge is 0.335 e. The molecule has 5 atom stereocenters. The van der Waals surface area contributed by atoms with Crippen molar-refractivity contribution in [3.05, 3.63) is 71.8 Å². The van der Waals surface area contributed by atoms with Crippen molar-refractivity contribution in [2.75, 3.05) is 39.0 Å². The minimum Gasteiger partial charge on any atom is -0.335 e. The summed E-state index contributed by atoms with van der Waals surface area (Å²) in [6, 6.07) is 17.9. The molecular weight excluding hydrogens is 518 g/mol. The van der Waals surface area contributed by atoms with Crippen LogP contribution in [0.5, 0.6) is 0 Å². The van der Waals surface area contributed by atoms with Crippen molar-refractivity contribution in [2.45, 2.75) is 42.8 Å². The molecule has 5 amide bonds. The van der Waals surface area contributed by atoms with E-state index in [9.17, 15) is 22.8 Å². The van der Waals surface area contributed by atoms with E-state index in [2.05, 4.69) is 5.32 Å². The van der Waals surface area contributed by atoms with Crippen LogP contribution in [0, 0.1) is 0 Å². The van der Waals surface area contributed by atoms with Crippen LogP contribution in [0.15, 0.2) is 60.7 Å². The van der Waals surface area contributed by atoms with Crippen molar-refractivity contribution in [3.8, 4) is 0 Å². The van der Waals surface area contributed by atoms with Gasteiger partial charge in [-0.2, -0.15) is 0 Å². The Bertz CT molecular complexity index is 1370. The second-order valence-corrected chi connectivity index (χ2v) is 12.9. The molecule has 6 rings (SSSR count). The van der Waals surface area contributed by atoms with Gasteiger partial charge in [0.25, 0.3) is 5.91 Å². The summed E-state index contributed by atoms with van der Waals surface area (Å²) in [5, 5.41) is 3.13. The van der Waals surface area contributed by atoms with Crippen LogP contribution in [0.25, 0.3) is 0 Å². The fourth-order valence-electron chi connectivity index (χ4n) is 6.32. The highest BCUT2D eigenvalue weighted by Gasteiger charge is 2.56. The molecule has 11 heteroatoms. The summed E-state index contributed by atoms with van der Waals surface area (Å²) in [5.74, 6) is -0.271. The number of hydrogen-bond donors (Lipinski definition) is 1. The lowest BCUT2D eigenvalue weighted by molar-refractivity contribution is -0.129. The number of piperazine rings is 1. The Morgan fingerprint density at radius 1 is 0.872 bits per heavy atom. The van der Waals surface area contributed by atoms with E-state index in [1.807, 2.05) is 60.7 Å². The van der Waals surface area contributed by atoms with Crippen LogP contribution in [-0.4, -0.2) is 102 Å². The number of sulfonamides is 1. The molecular formula is C28H33N5O5S. The molecule has 3 heterocycles. The van der Waals surface area contributed by atoms with Crippen molar-refractivity contribution >= 4 is 28.0 Å². The third-order valence-corrected chi connectivity index (χ3v) is 9.81. The lowest BCUT2D eigenvalue weighted by Gasteiger charge is -2.40. The molecule has 3 aliphatic heterocycles. The number of imide groups is 1. The molecule has 10 nitrogen and oxygen atoms in total. The van der Waals surface area contributed by atoms with Crippen LogP contribution in [0.2, 0.25) is 0 Å². The molecule has 0 unspecified atom stereocenters. The van der Waals surface area contributed by atoms with Crippen LogP contribution in [0.4, 0.5) is 9.59 Å². The average Bonchev–Trinajstić information content (AvgIpc) is 3.69. The van der Waals surface area contributed by atoms with E-state index in [0.717, 1.165) is 17.5 Å². The summed E-state index contributed by atoms with van der Waals surface area (Å²) in [5.41, 5.74) is 2.09. The number of fused-ring (bicyclic) bond motifs is 1. The monoisotopic (exact) mass is 551 g/mol. The first-order chi connectivity index (χ1) is 18.7. The van der Waals surface area contributed by atoms with Gasteiger partial charge in [0.2, 0.25) is 10.0 Å². The minimum absolute atomic E-state index is 0.132. The van der Waals surface area contributed by atoms with Gasteiger partial charge in [0, 0.05) is 50.1 Å². The number of nitrogens with zero attached hydrogens (tertiary/aromatic N) is 4. The quantitative estimate of drug-likeness (QED) is 0.572. The van der Waals surface area contributed by atoms with Crippen LogP contribution in [0.3, 0.4) is 0 Å². The SMILES string of the molecule is CS(=O)(=O)N1CC[C@H](NC(=O)N2CCN3C(=O)N([C@H]4C[C@@H]4c4ccccc4)C(=O)[C@@H]3C2)[C@H](c2ccccc2)C1. The van der Waals surface area contributed by atoms with Gasteiger partial charge in [-0.3, -0.25) is 9.69 Å². The first-order valence-corrected chi connectivity index (χ1v) is 15.3. The minimum atomic E-state index is -3.36. The molecule has 2 aromatic carbocycles. The van der Waals surface area contributed by atoms with E-state index < -0.39 is 16.1 Å². The van der Waals surface area contributed by atoms with E-state index in [1.54, 1.807) is 9.80 Å². The highest BCUT2D eigenvalue weighted by Crippen LogP contribution is 2.46. The molecule has 1 saturated carbocycles. The van der Waals surface area contributed by atoms with E-state index in [4.69, 9.17) is 0 Å². The number of amides is 5. The zero-order valence-electron chi connectivity index (χ0n) is 21.8.